The number of likely N-dealkylation sites (tertiary alicyclic amines) is 1. The van der Waals surface area contributed by atoms with Crippen molar-refractivity contribution in [3.63, 3.8) is 0 Å². The smallest absolute Gasteiger partial charge is 0.226 e. The summed E-state index contributed by atoms with van der Waals surface area (Å²) in [5.74, 6) is -0.211. The number of carbonyl (C=O) groups excluding carboxylic acids is 1. The van der Waals surface area contributed by atoms with Crippen LogP contribution in [0.2, 0.25) is 0 Å². The number of carbonyl (C=O) groups is 1. The number of hydrogen-bond acceptors (Lipinski definition) is 2. The maximum Gasteiger partial charge on any atom is 0.226 e. The van der Waals surface area contributed by atoms with E-state index in [1.165, 1.54) is 12.1 Å². The standard InChI is InChI=1S/C17H25FN2O/c1-13(2)20-9-7-16(8-10-20)19(3)17(21)12-14-5-4-6-15(18)11-14/h4-6,11,13,16H,7-10,12H2,1-3H3. The van der Waals surface area contributed by atoms with Crippen molar-refractivity contribution in [1.29, 1.82) is 0 Å². The zero-order valence-electron chi connectivity index (χ0n) is 13.2. The van der Waals surface area contributed by atoms with Gasteiger partial charge in [0, 0.05) is 32.2 Å². The number of rotatable bonds is 4. The first-order chi connectivity index (χ1) is 9.97. The van der Waals surface area contributed by atoms with Crippen molar-refractivity contribution in [1.82, 2.24) is 9.80 Å². The van der Waals surface area contributed by atoms with Gasteiger partial charge >= 0.3 is 0 Å². The molecular formula is C17H25FN2O. The highest BCUT2D eigenvalue weighted by Gasteiger charge is 2.26. The SMILES string of the molecule is CC(C)N1CCC(N(C)C(=O)Cc2cccc(F)c2)CC1. The van der Waals surface area contributed by atoms with Crippen LogP contribution < -0.4 is 0 Å². The number of hydrogen-bond donors (Lipinski definition) is 0. The highest BCUT2D eigenvalue weighted by Crippen LogP contribution is 2.18. The molecule has 1 aromatic rings. The molecule has 1 aliphatic rings. The van der Waals surface area contributed by atoms with Gasteiger partial charge in [-0.3, -0.25) is 4.79 Å². The predicted octanol–water partition coefficient (Wildman–Crippen LogP) is 2.70. The van der Waals surface area contributed by atoms with Crippen LogP contribution in [0.3, 0.4) is 0 Å². The lowest BCUT2D eigenvalue weighted by Crippen LogP contribution is -2.47. The highest BCUT2D eigenvalue weighted by atomic mass is 19.1. The second kappa shape index (κ2) is 7.03. The lowest BCUT2D eigenvalue weighted by molar-refractivity contribution is -0.132. The Morgan fingerprint density at radius 3 is 2.62 bits per heavy atom. The molecule has 0 aromatic heterocycles. The molecule has 1 aliphatic heterocycles. The second-order valence-electron chi connectivity index (χ2n) is 6.17. The fourth-order valence-electron chi connectivity index (χ4n) is 2.94. The number of nitrogens with zero attached hydrogens (tertiary/aromatic N) is 2. The van der Waals surface area contributed by atoms with Gasteiger partial charge in [0.2, 0.25) is 5.91 Å². The minimum atomic E-state index is -0.284. The fourth-order valence-corrected chi connectivity index (χ4v) is 2.94. The molecule has 0 unspecified atom stereocenters. The molecule has 2 rings (SSSR count). The Hall–Kier alpha value is -1.42. The third-order valence-corrected chi connectivity index (χ3v) is 4.41. The van der Waals surface area contributed by atoms with E-state index in [0.29, 0.717) is 12.1 Å². The van der Waals surface area contributed by atoms with E-state index in [4.69, 9.17) is 0 Å². The van der Waals surface area contributed by atoms with Gasteiger partial charge in [-0.05, 0) is 44.4 Å². The monoisotopic (exact) mass is 292 g/mol. The summed E-state index contributed by atoms with van der Waals surface area (Å²) < 4.78 is 13.2. The summed E-state index contributed by atoms with van der Waals surface area (Å²) in [6.45, 7) is 6.50. The Morgan fingerprint density at radius 2 is 2.05 bits per heavy atom. The van der Waals surface area contributed by atoms with Crippen LogP contribution in [0, 0.1) is 5.82 Å². The Bertz CT molecular complexity index is 481. The number of halogens is 1. The maximum absolute atomic E-state index is 13.2. The highest BCUT2D eigenvalue weighted by molar-refractivity contribution is 5.78. The summed E-state index contributed by atoms with van der Waals surface area (Å²) in [6.07, 6.45) is 2.31. The van der Waals surface area contributed by atoms with E-state index < -0.39 is 0 Å². The van der Waals surface area contributed by atoms with Crippen molar-refractivity contribution in [2.24, 2.45) is 0 Å². The molecule has 0 saturated carbocycles. The molecule has 116 valence electrons. The van der Waals surface area contributed by atoms with E-state index in [9.17, 15) is 9.18 Å². The lowest BCUT2D eigenvalue weighted by atomic mass is 10.0. The van der Waals surface area contributed by atoms with Gasteiger partial charge < -0.3 is 9.80 Å². The van der Waals surface area contributed by atoms with Gasteiger partial charge in [0.1, 0.15) is 5.82 Å². The van der Waals surface area contributed by atoms with Crippen molar-refractivity contribution in [2.45, 2.75) is 45.2 Å². The van der Waals surface area contributed by atoms with Crippen LogP contribution in [0.15, 0.2) is 24.3 Å². The molecule has 1 aromatic carbocycles. The van der Waals surface area contributed by atoms with Crippen LogP contribution in [0.4, 0.5) is 4.39 Å². The van der Waals surface area contributed by atoms with Crippen LogP contribution in [-0.4, -0.2) is 47.9 Å². The summed E-state index contributed by atoms with van der Waals surface area (Å²) in [5.41, 5.74) is 0.742. The third kappa shape index (κ3) is 4.27. The topological polar surface area (TPSA) is 23.6 Å². The van der Waals surface area contributed by atoms with Gasteiger partial charge in [-0.15, -0.1) is 0 Å². The van der Waals surface area contributed by atoms with Crippen LogP contribution >= 0.6 is 0 Å². The van der Waals surface area contributed by atoms with Gasteiger partial charge in [-0.1, -0.05) is 12.1 Å². The Balaban J connectivity index is 1.88. The van der Waals surface area contributed by atoms with Crippen LogP contribution in [0.25, 0.3) is 0 Å². The van der Waals surface area contributed by atoms with E-state index in [1.807, 2.05) is 11.9 Å². The fraction of sp³-hybridized carbons (Fsp3) is 0.588. The molecule has 1 fully saturated rings. The molecular weight excluding hydrogens is 267 g/mol. The van der Waals surface area contributed by atoms with E-state index in [-0.39, 0.29) is 18.1 Å². The van der Waals surface area contributed by atoms with Crippen LogP contribution in [0.1, 0.15) is 32.3 Å². The molecule has 21 heavy (non-hydrogen) atoms. The first kappa shape index (κ1) is 16.0. The van der Waals surface area contributed by atoms with Crippen molar-refractivity contribution in [3.8, 4) is 0 Å². The second-order valence-corrected chi connectivity index (χ2v) is 6.17. The minimum Gasteiger partial charge on any atom is -0.342 e. The van der Waals surface area contributed by atoms with Crippen LogP contribution in [0.5, 0.6) is 0 Å². The van der Waals surface area contributed by atoms with Gasteiger partial charge in [0.25, 0.3) is 0 Å². The van der Waals surface area contributed by atoms with Crippen LogP contribution in [-0.2, 0) is 11.2 Å². The van der Waals surface area contributed by atoms with Crippen molar-refractivity contribution in [3.05, 3.63) is 35.6 Å². The number of piperidine rings is 1. The Morgan fingerprint density at radius 1 is 1.38 bits per heavy atom. The normalized spacial score (nSPS) is 17.2. The van der Waals surface area contributed by atoms with Crippen molar-refractivity contribution >= 4 is 5.91 Å². The summed E-state index contributed by atoms with van der Waals surface area (Å²) >= 11 is 0. The summed E-state index contributed by atoms with van der Waals surface area (Å²) in [5, 5.41) is 0. The summed E-state index contributed by atoms with van der Waals surface area (Å²) in [7, 11) is 1.87. The molecule has 0 radical (unpaired) electrons. The van der Waals surface area contributed by atoms with Gasteiger partial charge in [-0.2, -0.15) is 0 Å². The largest absolute Gasteiger partial charge is 0.342 e. The quantitative estimate of drug-likeness (QED) is 0.852. The molecule has 0 bridgehead atoms. The van der Waals surface area contributed by atoms with Crippen molar-refractivity contribution < 1.29 is 9.18 Å². The van der Waals surface area contributed by atoms with Crippen molar-refractivity contribution in [2.75, 3.05) is 20.1 Å². The molecule has 4 heteroatoms. The molecule has 3 nitrogen and oxygen atoms in total. The third-order valence-electron chi connectivity index (χ3n) is 4.41. The minimum absolute atomic E-state index is 0.0728. The summed E-state index contributed by atoms with van der Waals surface area (Å²) in [6, 6.07) is 7.17. The molecule has 0 spiro atoms. The number of amides is 1. The Kier molecular flexibility index (Phi) is 5.34. The zero-order chi connectivity index (χ0) is 15.4. The zero-order valence-corrected chi connectivity index (χ0v) is 13.2. The number of likely N-dealkylation sites (N-methyl/N-ethyl adjacent to an activating group) is 1. The molecule has 1 saturated heterocycles. The summed E-state index contributed by atoms with van der Waals surface area (Å²) in [4.78, 5) is 16.6. The van der Waals surface area contributed by atoms with E-state index >= 15 is 0 Å². The van der Waals surface area contributed by atoms with E-state index in [1.54, 1.807) is 12.1 Å². The average molecular weight is 292 g/mol. The molecule has 0 atom stereocenters. The van der Waals surface area contributed by atoms with E-state index in [0.717, 1.165) is 31.5 Å². The van der Waals surface area contributed by atoms with Gasteiger partial charge in [-0.25, -0.2) is 4.39 Å². The molecule has 1 amide bonds. The van der Waals surface area contributed by atoms with Gasteiger partial charge in [0.15, 0.2) is 0 Å². The molecule has 0 N–H and O–H groups in total. The average Bonchev–Trinajstić information content (AvgIpc) is 2.46. The van der Waals surface area contributed by atoms with Gasteiger partial charge in [0.05, 0.1) is 6.42 Å². The molecule has 1 heterocycles. The first-order valence-electron chi connectivity index (χ1n) is 7.71. The maximum atomic E-state index is 13.2. The van der Waals surface area contributed by atoms with E-state index in [2.05, 4.69) is 18.7 Å². The molecule has 0 aliphatic carbocycles. The Labute approximate surface area is 126 Å². The predicted molar refractivity (Wildman–Crippen MR) is 82.6 cm³/mol. The lowest BCUT2D eigenvalue weighted by Gasteiger charge is -2.38. The number of benzene rings is 1. The first-order valence-corrected chi connectivity index (χ1v) is 7.71.